The van der Waals surface area contributed by atoms with Crippen LogP contribution in [-0.4, -0.2) is 41.6 Å². The average molecular weight is 424 g/mol. The fourth-order valence-corrected chi connectivity index (χ4v) is 5.05. The van der Waals surface area contributed by atoms with Crippen LogP contribution in [0.1, 0.15) is 40.2 Å². The van der Waals surface area contributed by atoms with E-state index in [-0.39, 0.29) is 5.91 Å². The lowest BCUT2D eigenvalue weighted by Gasteiger charge is -2.32. The number of hydrogen-bond acceptors (Lipinski definition) is 3. The van der Waals surface area contributed by atoms with E-state index in [0.29, 0.717) is 24.0 Å². The second kappa shape index (κ2) is 7.97. The maximum absolute atomic E-state index is 13.4. The Hall–Kier alpha value is -2.50. The highest BCUT2D eigenvalue weighted by molar-refractivity contribution is 6.31. The fraction of sp³-hybridized carbons (Fsp3) is 0.375. The largest absolute Gasteiger partial charge is 0.493 e. The molecular weight excluding hydrogens is 398 g/mol. The maximum atomic E-state index is 13.4. The maximum Gasteiger partial charge on any atom is 0.256 e. The van der Waals surface area contributed by atoms with Crippen LogP contribution in [0.2, 0.25) is 5.02 Å². The predicted octanol–water partition coefficient (Wildman–Crippen LogP) is 4.21. The molecule has 6 heteroatoms. The minimum atomic E-state index is 0.0890. The van der Waals surface area contributed by atoms with Gasteiger partial charge >= 0.3 is 0 Å². The van der Waals surface area contributed by atoms with Crippen molar-refractivity contribution in [2.45, 2.75) is 31.7 Å². The van der Waals surface area contributed by atoms with E-state index >= 15 is 0 Å². The number of aromatic nitrogens is 1. The van der Waals surface area contributed by atoms with Crippen LogP contribution in [0.3, 0.4) is 0 Å². The molecule has 3 aromatic rings. The van der Waals surface area contributed by atoms with E-state index in [0.717, 1.165) is 61.2 Å². The number of carbonyl (C=O) groups excluding carboxylic acids is 1. The number of fused-ring (bicyclic) bond motifs is 2. The smallest absolute Gasteiger partial charge is 0.256 e. The van der Waals surface area contributed by atoms with Gasteiger partial charge in [0.2, 0.25) is 0 Å². The Morgan fingerprint density at radius 3 is 2.83 bits per heavy atom. The van der Waals surface area contributed by atoms with E-state index in [1.54, 1.807) is 0 Å². The standard InChI is InChI=1S/C24H26ClN3O2/c25-18-4-5-20-21(15-28(12-9-26)22(20)14-18)24(29)27-10-6-16(7-11-27)19-3-1-2-17-8-13-30-23(17)19/h1-5,14-16H,6-13,26H2. The molecule has 5 rings (SSSR count). The Kier molecular flexibility index (Phi) is 5.17. The summed E-state index contributed by atoms with van der Waals surface area (Å²) < 4.78 is 7.94. The summed E-state index contributed by atoms with van der Waals surface area (Å²) in [6.07, 6.45) is 4.84. The number of benzene rings is 2. The van der Waals surface area contributed by atoms with Crippen molar-refractivity contribution in [3.05, 3.63) is 64.3 Å². The lowest BCUT2D eigenvalue weighted by Crippen LogP contribution is -2.37. The number of nitrogens with zero attached hydrogens (tertiary/aromatic N) is 2. The quantitative estimate of drug-likeness (QED) is 0.683. The number of carbonyl (C=O) groups is 1. The zero-order chi connectivity index (χ0) is 20.7. The van der Waals surface area contributed by atoms with Crippen molar-refractivity contribution in [1.29, 1.82) is 0 Å². The van der Waals surface area contributed by atoms with Crippen LogP contribution in [0.4, 0.5) is 0 Å². The second-order valence-corrected chi connectivity index (χ2v) is 8.62. The average Bonchev–Trinajstić information content (AvgIpc) is 3.38. The molecule has 0 unspecified atom stereocenters. The first-order valence-corrected chi connectivity index (χ1v) is 11.1. The molecular formula is C24H26ClN3O2. The molecule has 30 heavy (non-hydrogen) atoms. The Bertz CT molecular complexity index is 1100. The van der Waals surface area contributed by atoms with Crippen molar-refractivity contribution >= 4 is 28.4 Å². The van der Waals surface area contributed by atoms with Gasteiger partial charge < -0.3 is 19.9 Å². The number of piperidine rings is 1. The van der Waals surface area contributed by atoms with Gasteiger partial charge in [0, 0.05) is 49.2 Å². The van der Waals surface area contributed by atoms with Crippen LogP contribution < -0.4 is 10.5 Å². The molecule has 0 saturated carbocycles. The van der Waals surface area contributed by atoms with Crippen LogP contribution in [0, 0.1) is 0 Å². The summed E-state index contributed by atoms with van der Waals surface area (Å²) in [7, 11) is 0. The molecule has 1 amide bonds. The molecule has 0 radical (unpaired) electrons. The molecule has 2 aromatic carbocycles. The highest BCUT2D eigenvalue weighted by Gasteiger charge is 2.29. The molecule has 2 N–H and O–H groups in total. The molecule has 2 aliphatic heterocycles. The molecule has 1 aromatic heterocycles. The molecule has 2 aliphatic rings. The van der Waals surface area contributed by atoms with Crippen LogP contribution >= 0.6 is 11.6 Å². The number of rotatable bonds is 4. The first kappa shape index (κ1) is 19.5. The molecule has 0 bridgehead atoms. The number of halogens is 1. The fourth-order valence-electron chi connectivity index (χ4n) is 4.89. The van der Waals surface area contributed by atoms with Gasteiger partial charge in [-0.2, -0.15) is 0 Å². The van der Waals surface area contributed by atoms with Crippen molar-refractivity contribution in [3.63, 3.8) is 0 Å². The van der Waals surface area contributed by atoms with Gasteiger partial charge in [-0.15, -0.1) is 0 Å². The summed E-state index contributed by atoms with van der Waals surface area (Å²) in [6, 6.07) is 12.2. The van der Waals surface area contributed by atoms with Crippen LogP contribution in [-0.2, 0) is 13.0 Å². The number of nitrogens with two attached hydrogens (primary N) is 1. The van der Waals surface area contributed by atoms with E-state index in [4.69, 9.17) is 22.1 Å². The van der Waals surface area contributed by atoms with Gasteiger partial charge in [0.05, 0.1) is 17.7 Å². The number of para-hydroxylation sites is 1. The van der Waals surface area contributed by atoms with Crippen molar-refractivity contribution in [1.82, 2.24) is 9.47 Å². The number of ether oxygens (including phenoxy) is 1. The molecule has 5 nitrogen and oxygen atoms in total. The predicted molar refractivity (Wildman–Crippen MR) is 120 cm³/mol. The summed E-state index contributed by atoms with van der Waals surface area (Å²) in [5.74, 6) is 1.62. The third kappa shape index (κ3) is 3.36. The van der Waals surface area contributed by atoms with Gasteiger partial charge in [0.15, 0.2) is 0 Å². The van der Waals surface area contributed by atoms with Gasteiger partial charge in [-0.05, 0) is 42.0 Å². The van der Waals surface area contributed by atoms with Crippen LogP contribution in [0.25, 0.3) is 10.9 Å². The zero-order valence-corrected chi connectivity index (χ0v) is 17.7. The summed E-state index contributed by atoms with van der Waals surface area (Å²) in [5, 5.41) is 1.60. The Morgan fingerprint density at radius 2 is 2.03 bits per heavy atom. The van der Waals surface area contributed by atoms with E-state index in [1.165, 1.54) is 11.1 Å². The first-order valence-electron chi connectivity index (χ1n) is 10.7. The van der Waals surface area contributed by atoms with Gasteiger partial charge in [-0.3, -0.25) is 4.79 Å². The third-order valence-electron chi connectivity index (χ3n) is 6.41. The van der Waals surface area contributed by atoms with Gasteiger partial charge in [0.1, 0.15) is 5.75 Å². The zero-order valence-electron chi connectivity index (χ0n) is 16.9. The van der Waals surface area contributed by atoms with Crippen LogP contribution in [0.5, 0.6) is 5.75 Å². The molecule has 0 spiro atoms. The molecule has 1 saturated heterocycles. The molecule has 0 atom stereocenters. The SMILES string of the molecule is NCCn1cc(C(=O)N2CCC(c3cccc4c3OCC4)CC2)c2ccc(Cl)cc21. The van der Waals surface area contributed by atoms with E-state index in [2.05, 4.69) is 18.2 Å². The van der Waals surface area contributed by atoms with Gasteiger partial charge in [-0.25, -0.2) is 0 Å². The lowest BCUT2D eigenvalue weighted by atomic mass is 9.87. The van der Waals surface area contributed by atoms with Crippen molar-refractivity contribution in [2.75, 3.05) is 26.2 Å². The third-order valence-corrected chi connectivity index (χ3v) is 6.65. The van der Waals surface area contributed by atoms with Crippen molar-refractivity contribution < 1.29 is 9.53 Å². The molecule has 156 valence electrons. The Labute approximate surface area is 181 Å². The highest BCUT2D eigenvalue weighted by Crippen LogP contribution is 2.39. The Morgan fingerprint density at radius 1 is 1.20 bits per heavy atom. The second-order valence-electron chi connectivity index (χ2n) is 8.19. The number of amides is 1. The number of likely N-dealkylation sites (tertiary alicyclic amines) is 1. The summed E-state index contributed by atoms with van der Waals surface area (Å²) >= 11 is 6.19. The van der Waals surface area contributed by atoms with E-state index in [1.807, 2.05) is 33.9 Å². The summed E-state index contributed by atoms with van der Waals surface area (Å²) in [5.41, 5.74) is 10.1. The van der Waals surface area contributed by atoms with E-state index < -0.39 is 0 Å². The van der Waals surface area contributed by atoms with Crippen molar-refractivity contribution in [3.8, 4) is 5.75 Å². The Balaban J connectivity index is 1.36. The normalized spacial score (nSPS) is 16.7. The van der Waals surface area contributed by atoms with Gasteiger partial charge in [-0.1, -0.05) is 35.9 Å². The molecule has 0 aliphatic carbocycles. The molecule has 3 heterocycles. The molecule has 1 fully saturated rings. The highest BCUT2D eigenvalue weighted by atomic mass is 35.5. The van der Waals surface area contributed by atoms with Crippen molar-refractivity contribution in [2.24, 2.45) is 5.73 Å². The first-order chi connectivity index (χ1) is 14.7. The minimum absolute atomic E-state index is 0.0890. The monoisotopic (exact) mass is 423 g/mol. The number of hydrogen-bond donors (Lipinski definition) is 1. The lowest BCUT2D eigenvalue weighted by molar-refractivity contribution is 0.0714. The van der Waals surface area contributed by atoms with E-state index in [9.17, 15) is 4.79 Å². The summed E-state index contributed by atoms with van der Waals surface area (Å²) in [4.78, 5) is 15.4. The topological polar surface area (TPSA) is 60.5 Å². The summed E-state index contributed by atoms with van der Waals surface area (Å²) in [6.45, 7) is 3.46. The van der Waals surface area contributed by atoms with Gasteiger partial charge in [0.25, 0.3) is 5.91 Å². The minimum Gasteiger partial charge on any atom is -0.493 e. The van der Waals surface area contributed by atoms with Crippen LogP contribution in [0.15, 0.2) is 42.6 Å².